The molecule has 15 heavy (non-hydrogen) atoms. The summed E-state index contributed by atoms with van der Waals surface area (Å²) in [6.07, 6.45) is 1.55. The molecule has 4 heteroatoms. The maximum atomic E-state index is 11.1. The maximum absolute atomic E-state index is 11.1. The number of Topliss-reactive ketones (excluding diaryl/α,β-unsaturated/α-hetero) is 1. The van der Waals surface area contributed by atoms with Crippen molar-refractivity contribution >= 4 is 11.4 Å². The summed E-state index contributed by atoms with van der Waals surface area (Å²) in [5.74, 6) is -0.0226. The van der Waals surface area contributed by atoms with Gasteiger partial charge in [0.25, 0.3) is 0 Å². The number of ketones is 1. The van der Waals surface area contributed by atoms with Gasteiger partial charge in [-0.25, -0.2) is 9.50 Å². The highest BCUT2D eigenvalue weighted by atomic mass is 16.1. The largest absolute Gasteiger partial charge is 0.293 e. The van der Waals surface area contributed by atoms with Crippen LogP contribution in [-0.2, 0) is 0 Å². The number of hydrogen-bond donors (Lipinski definition) is 0. The summed E-state index contributed by atoms with van der Waals surface area (Å²) in [6, 6.07) is 3.71. The number of imidazole rings is 1. The Kier molecular flexibility index (Phi) is 3.55. The van der Waals surface area contributed by atoms with Gasteiger partial charge in [0.1, 0.15) is 5.69 Å². The molecule has 0 aromatic carbocycles. The molecular weight excluding hydrogens is 190 g/mol. The molecule has 0 fully saturated rings. The number of aromatic nitrogens is 3. The van der Waals surface area contributed by atoms with E-state index in [0.29, 0.717) is 11.3 Å². The van der Waals surface area contributed by atoms with Crippen LogP contribution in [0.4, 0.5) is 0 Å². The normalized spacial score (nSPS) is 9.60. The van der Waals surface area contributed by atoms with Crippen molar-refractivity contribution in [2.75, 3.05) is 0 Å². The van der Waals surface area contributed by atoms with Gasteiger partial charge in [-0.2, -0.15) is 5.10 Å². The van der Waals surface area contributed by atoms with E-state index in [0.717, 1.165) is 5.69 Å². The molecule has 4 nitrogen and oxygen atoms in total. The van der Waals surface area contributed by atoms with Crippen molar-refractivity contribution in [2.45, 2.75) is 27.7 Å². The van der Waals surface area contributed by atoms with Crippen LogP contribution in [0.2, 0.25) is 0 Å². The lowest BCUT2D eigenvalue weighted by molar-refractivity contribution is 0.101. The molecule has 0 radical (unpaired) electrons. The Balaban J connectivity index is 0.000000531. The Bertz CT molecular complexity index is 474. The van der Waals surface area contributed by atoms with E-state index in [1.54, 1.807) is 10.7 Å². The first-order chi connectivity index (χ1) is 7.18. The molecule has 2 rings (SSSR count). The van der Waals surface area contributed by atoms with Gasteiger partial charge in [-0.15, -0.1) is 0 Å². The number of carbonyl (C=O) groups is 1. The van der Waals surface area contributed by atoms with E-state index in [-0.39, 0.29) is 5.78 Å². The fourth-order valence-electron chi connectivity index (χ4n) is 1.21. The third kappa shape index (κ3) is 2.21. The van der Waals surface area contributed by atoms with Crippen molar-refractivity contribution in [1.29, 1.82) is 0 Å². The minimum Gasteiger partial charge on any atom is -0.293 e. The lowest BCUT2D eigenvalue weighted by atomic mass is 10.3. The highest BCUT2D eigenvalue weighted by Gasteiger charge is 2.07. The summed E-state index contributed by atoms with van der Waals surface area (Å²) in [5, 5.41) is 4.19. The zero-order valence-corrected chi connectivity index (χ0v) is 9.48. The summed E-state index contributed by atoms with van der Waals surface area (Å²) in [6.45, 7) is 7.39. The summed E-state index contributed by atoms with van der Waals surface area (Å²) in [7, 11) is 0. The Labute approximate surface area is 88.9 Å². The van der Waals surface area contributed by atoms with E-state index in [1.165, 1.54) is 6.92 Å². The monoisotopic (exact) mass is 205 g/mol. The van der Waals surface area contributed by atoms with E-state index >= 15 is 0 Å². The molecule has 0 saturated carbocycles. The van der Waals surface area contributed by atoms with Gasteiger partial charge < -0.3 is 0 Å². The first-order valence-electron chi connectivity index (χ1n) is 5.01. The zero-order valence-electron chi connectivity index (χ0n) is 9.48. The second kappa shape index (κ2) is 4.68. The Morgan fingerprint density at radius 1 is 1.33 bits per heavy atom. The predicted octanol–water partition coefficient (Wildman–Crippen LogP) is 2.27. The van der Waals surface area contributed by atoms with Crippen LogP contribution in [0.1, 0.15) is 37.0 Å². The molecule has 0 atom stereocenters. The molecular formula is C11H15N3O. The zero-order chi connectivity index (χ0) is 11.4. The molecule has 0 aliphatic heterocycles. The third-order valence-electron chi connectivity index (χ3n) is 1.86. The molecule has 0 bridgehead atoms. The van der Waals surface area contributed by atoms with Crippen molar-refractivity contribution in [1.82, 2.24) is 14.6 Å². The first-order valence-corrected chi connectivity index (χ1v) is 5.01. The molecule has 0 saturated heterocycles. The van der Waals surface area contributed by atoms with E-state index in [4.69, 9.17) is 0 Å². The molecule has 2 heterocycles. The highest BCUT2D eigenvalue weighted by Crippen LogP contribution is 2.05. The third-order valence-corrected chi connectivity index (χ3v) is 1.86. The van der Waals surface area contributed by atoms with Gasteiger partial charge in [0, 0.05) is 6.92 Å². The number of hydrogen-bond acceptors (Lipinski definition) is 3. The average Bonchev–Trinajstić information content (AvgIpc) is 2.63. The highest BCUT2D eigenvalue weighted by molar-refractivity contribution is 5.92. The van der Waals surface area contributed by atoms with Crippen LogP contribution in [0, 0.1) is 6.92 Å². The number of rotatable bonds is 1. The number of fused-ring (bicyclic) bond motifs is 1. The van der Waals surface area contributed by atoms with E-state index in [1.807, 2.05) is 32.9 Å². The van der Waals surface area contributed by atoms with Gasteiger partial charge in [0.05, 0.1) is 11.9 Å². The average molecular weight is 205 g/mol. The fraction of sp³-hybridized carbons (Fsp3) is 0.364. The number of nitrogens with zero attached hydrogens (tertiary/aromatic N) is 3. The maximum Gasteiger partial charge on any atom is 0.179 e. The predicted molar refractivity (Wildman–Crippen MR) is 59.1 cm³/mol. The van der Waals surface area contributed by atoms with Crippen LogP contribution in [0.5, 0.6) is 0 Å². The van der Waals surface area contributed by atoms with Crippen molar-refractivity contribution in [2.24, 2.45) is 0 Å². The summed E-state index contributed by atoms with van der Waals surface area (Å²) >= 11 is 0. The quantitative estimate of drug-likeness (QED) is 0.671. The van der Waals surface area contributed by atoms with Crippen molar-refractivity contribution in [3.05, 3.63) is 29.7 Å². The van der Waals surface area contributed by atoms with Gasteiger partial charge in [-0.05, 0) is 19.1 Å². The molecule has 80 valence electrons. The lowest BCUT2D eigenvalue weighted by Gasteiger charge is -1.96. The van der Waals surface area contributed by atoms with E-state index < -0.39 is 0 Å². The van der Waals surface area contributed by atoms with Gasteiger partial charge in [0.2, 0.25) is 0 Å². The number of aryl methyl sites for hydroxylation is 1. The standard InChI is InChI=1S/C9H9N3O.C2H6/c1-6-3-4-9-10-5-8(7(2)13)12(9)11-6;1-2/h3-5H,1-2H3;1-2H3. The van der Waals surface area contributed by atoms with Crippen LogP contribution >= 0.6 is 0 Å². The van der Waals surface area contributed by atoms with Gasteiger partial charge in [0.15, 0.2) is 11.4 Å². The van der Waals surface area contributed by atoms with Crippen molar-refractivity contribution < 1.29 is 4.79 Å². The van der Waals surface area contributed by atoms with E-state index in [2.05, 4.69) is 10.1 Å². The Morgan fingerprint density at radius 3 is 2.60 bits per heavy atom. The van der Waals surface area contributed by atoms with Crippen LogP contribution in [0.25, 0.3) is 5.65 Å². The van der Waals surface area contributed by atoms with Crippen LogP contribution in [-0.4, -0.2) is 20.4 Å². The lowest BCUT2D eigenvalue weighted by Crippen LogP contribution is -2.02. The van der Waals surface area contributed by atoms with Crippen LogP contribution < -0.4 is 0 Å². The second-order valence-corrected chi connectivity index (χ2v) is 2.94. The molecule has 0 N–H and O–H groups in total. The second-order valence-electron chi connectivity index (χ2n) is 2.94. The Morgan fingerprint density at radius 2 is 2.00 bits per heavy atom. The smallest absolute Gasteiger partial charge is 0.179 e. The fourth-order valence-corrected chi connectivity index (χ4v) is 1.21. The Hall–Kier alpha value is -1.71. The minimum atomic E-state index is -0.0226. The summed E-state index contributed by atoms with van der Waals surface area (Å²) in [5.41, 5.74) is 2.10. The number of carbonyl (C=O) groups excluding carboxylic acids is 1. The van der Waals surface area contributed by atoms with Gasteiger partial charge in [-0.3, -0.25) is 4.79 Å². The minimum absolute atomic E-state index is 0.0226. The topological polar surface area (TPSA) is 47.3 Å². The first kappa shape index (κ1) is 11.4. The molecule has 0 amide bonds. The molecule has 0 aliphatic carbocycles. The van der Waals surface area contributed by atoms with Crippen LogP contribution in [0.3, 0.4) is 0 Å². The van der Waals surface area contributed by atoms with Crippen molar-refractivity contribution in [3.63, 3.8) is 0 Å². The molecule has 2 aromatic heterocycles. The van der Waals surface area contributed by atoms with Gasteiger partial charge in [-0.1, -0.05) is 13.8 Å². The van der Waals surface area contributed by atoms with Gasteiger partial charge >= 0.3 is 0 Å². The molecule has 0 unspecified atom stereocenters. The van der Waals surface area contributed by atoms with Crippen LogP contribution in [0.15, 0.2) is 18.3 Å². The SMILES string of the molecule is CC.CC(=O)c1cnc2ccc(C)nn12. The molecule has 0 spiro atoms. The van der Waals surface area contributed by atoms with E-state index in [9.17, 15) is 4.79 Å². The molecule has 0 aliphatic rings. The molecule has 2 aromatic rings. The summed E-state index contributed by atoms with van der Waals surface area (Å²) < 4.78 is 1.57. The summed E-state index contributed by atoms with van der Waals surface area (Å²) in [4.78, 5) is 15.2. The van der Waals surface area contributed by atoms with Crippen molar-refractivity contribution in [3.8, 4) is 0 Å².